The molecule has 21 heavy (non-hydrogen) atoms. The van der Waals surface area contributed by atoms with Crippen molar-refractivity contribution in [1.82, 2.24) is 0 Å². The van der Waals surface area contributed by atoms with Crippen LogP contribution < -0.4 is 11.2 Å². The van der Waals surface area contributed by atoms with E-state index in [2.05, 4.69) is 10.5 Å². The molecule has 0 fully saturated rings. The molecule has 1 rings (SSSR count). The number of amidine groups is 1. The van der Waals surface area contributed by atoms with Gasteiger partial charge in [0.25, 0.3) is 0 Å². The van der Waals surface area contributed by atoms with E-state index < -0.39 is 23.3 Å². The molecule has 0 amide bonds. The van der Waals surface area contributed by atoms with Crippen molar-refractivity contribution in [2.45, 2.75) is 6.18 Å². The average Bonchev–Trinajstić information content (AvgIpc) is 2.38. The van der Waals surface area contributed by atoms with Crippen molar-refractivity contribution in [2.75, 3.05) is 5.43 Å². The second-order valence-electron chi connectivity index (χ2n) is 3.59. The van der Waals surface area contributed by atoms with Gasteiger partial charge in [-0.3, -0.25) is 10.8 Å². The number of benzene rings is 1. The Labute approximate surface area is 130 Å². The van der Waals surface area contributed by atoms with Crippen molar-refractivity contribution in [1.29, 1.82) is 15.9 Å². The lowest BCUT2D eigenvalue weighted by molar-refractivity contribution is -0.137. The number of anilines is 1. The molecule has 0 heterocycles. The van der Waals surface area contributed by atoms with Gasteiger partial charge < -0.3 is 5.73 Å². The van der Waals surface area contributed by atoms with Gasteiger partial charge in [-0.25, -0.2) is 0 Å². The molecular formula is C11H6F3IN6. The van der Waals surface area contributed by atoms with Crippen LogP contribution in [0.1, 0.15) is 11.1 Å². The Hall–Kier alpha value is -2.34. The SMILES string of the molecule is N#C/C(=N\Nc1c(I)cc(C(F)(F)F)cc1C#N)C(=N)N. The maximum Gasteiger partial charge on any atom is 0.416 e. The fraction of sp³-hybridized carbons (Fsp3) is 0.0909. The van der Waals surface area contributed by atoms with Crippen LogP contribution in [0.5, 0.6) is 0 Å². The number of rotatable bonds is 3. The molecule has 0 aromatic heterocycles. The lowest BCUT2D eigenvalue weighted by Gasteiger charge is -2.11. The summed E-state index contributed by atoms with van der Waals surface area (Å²) in [6, 6.07) is 4.65. The van der Waals surface area contributed by atoms with Gasteiger partial charge in [-0.2, -0.15) is 28.8 Å². The second-order valence-corrected chi connectivity index (χ2v) is 4.75. The molecule has 0 spiro atoms. The summed E-state index contributed by atoms with van der Waals surface area (Å²) < 4.78 is 38.0. The van der Waals surface area contributed by atoms with Crippen LogP contribution in [-0.4, -0.2) is 11.5 Å². The Balaban J connectivity index is 3.31. The fourth-order valence-electron chi connectivity index (χ4n) is 1.23. The van der Waals surface area contributed by atoms with Crippen LogP contribution in [-0.2, 0) is 6.18 Å². The molecule has 0 aliphatic rings. The highest BCUT2D eigenvalue weighted by Gasteiger charge is 2.32. The Bertz CT molecular complexity index is 696. The first-order valence-corrected chi connectivity index (χ1v) is 6.17. The predicted molar refractivity (Wildman–Crippen MR) is 77.5 cm³/mol. The summed E-state index contributed by atoms with van der Waals surface area (Å²) in [5.74, 6) is -0.606. The summed E-state index contributed by atoms with van der Waals surface area (Å²) in [5, 5.41) is 28.1. The number of alkyl halides is 3. The molecule has 0 unspecified atom stereocenters. The van der Waals surface area contributed by atoms with Crippen LogP contribution in [0.4, 0.5) is 18.9 Å². The van der Waals surface area contributed by atoms with Gasteiger partial charge in [0.15, 0.2) is 5.84 Å². The summed E-state index contributed by atoms with van der Waals surface area (Å²) in [6.07, 6.45) is -4.58. The summed E-state index contributed by atoms with van der Waals surface area (Å²) in [6.45, 7) is 0. The number of hydrogen-bond donors (Lipinski definition) is 3. The first-order chi connectivity index (χ1) is 9.70. The van der Waals surface area contributed by atoms with Crippen molar-refractivity contribution in [2.24, 2.45) is 10.8 Å². The van der Waals surface area contributed by atoms with Crippen molar-refractivity contribution in [3.63, 3.8) is 0 Å². The maximum absolute atomic E-state index is 12.6. The zero-order chi connectivity index (χ0) is 16.2. The van der Waals surface area contributed by atoms with E-state index in [0.717, 1.165) is 6.07 Å². The molecule has 10 heteroatoms. The van der Waals surface area contributed by atoms with Gasteiger partial charge in [0.05, 0.1) is 16.8 Å². The molecule has 108 valence electrons. The third-order valence-corrected chi connectivity index (χ3v) is 3.03. The van der Waals surface area contributed by atoms with Crippen LogP contribution in [0.25, 0.3) is 0 Å². The number of nitrogens with one attached hydrogen (secondary N) is 2. The van der Waals surface area contributed by atoms with Crippen molar-refractivity contribution >= 4 is 39.8 Å². The molecule has 0 atom stereocenters. The van der Waals surface area contributed by atoms with Gasteiger partial charge in [-0.05, 0) is 34.7 Å². The fourth-order valence-corrected chi connectivity index (χ4v) is 1.98. The van der Waals surface area contributed by atoms with E-state index in [1.54, 1.807) is 28.7 Å². The third kappa shape index (κ3) is 4.06. The normalized spacial score (nSPS) is 11.4. The molecule has 0 saturated heterocycles. The van der Waals surface area contributed by atoms with Crippen LogP contribution in [0, 0.1) is 31.6 Å². The van der Waals surface area contributed by atoms with Crippen LogP contribution in [0.15, 0.2) is 17.2 Å². The van der Waals surface area contributed by atoms with E-state index in [-0.39, 0.29) is 14.8 Å². The van der Waals surface area contributed by atoms with E-state index in [1.807, 2.05) is 0 Å². The molecule has 4 N–H and O–H groups in total. The maximum atomic E-state index is 12.6. The highest BCUT2D eigenvalue weighted by Crippen LogP contribution is 2.34. The highest BCUT2D eigenvalue weighted by molar-refractivity contribution is 14.1. The van der Waals surface area contributed by atoms with E-state index in [0.29, 0.717) is 6.07 Å². The number of hydrogen-bond acceptors (Lipinski definition) is 5. The first-order valence-electron chi connectivity index (χ1n) is 5.09. The monoisotopic (exact) mass is 406 g/mol. The average molecular weight is 406 g/mol. The lowest BCUT2D eigenvalue weighted by Crippen LogP contribution is -2.22. The molecule has 1 aromatic carbocycles. The molecule has 0 aliphatic carbocycles. The minimum absolute atomic E-state index is 0.0000926. The number of nitriles is 2. The van der Waals surface area contributed by atoms with E-state index in [9.17, 15) is 13.2 Å². The van der Waals surface area contributed by atoms with E-state index in [4.69, 9.17) is 21.7 Å². The minimum atomic E-state index is -4.58. The Morgan fingerprint density at radius 3 is 2.43 bits per heavy atom. The van der Waals surface area contributed by atoms with Gasteiger partial charge in [0.2, 0.25) is 5.71 Å². The zero-order valence-electron chi connectivity index (χ0n) is 10.1. The Morgan fingerprint density at radius 2 is 2.00 bits per heavy atom. The standard InChI is InChI=1S/C11H6F3IN6/c12-11(13,14)6-1-5(3-16)9(7(15)2-6)21-20-8(4-17)10(18)19/h1-2,21H,(H3,18,19)/b20-8+. The summed E-state index contributed by atoms with van der Waals surface area (Å²) in [5.41, 5.74) is 5.66. The zero-order valence-corrected chi connectivity index (χ0v) is 12.2. The third-order valence-electron chi connectivity index (χ3n) is 2.18. The molecule has 6 nitrogen and oxygen atoms in total. The van der Waals surface area contributed by atoms with Crippen LogP contribution in [0.2, 0.25) is 0 Å². The molecular weight excluding hydrogens is 400 g/mol. The van der Waals surface area contributed by atoms with Gasteiger partial charge in [0, 0.05) is 3.57 Å². The summed E-state index contributed by atoms with van der Waals surface area (Å²) in [4.78, 5) is 0. The predicted octanol–water partition coefficient (Wildman–Crippen LogP) is 2.41. The largest absolute Gasteiger partial charge is 0.416 e. The van der Waals surface area contributed by atoms with Gasteiger partial charge in [0.1, 0.15) is 12.1 Å². The second kappa shape index (κ2) is 6.41. The number of hydrazone groups is 1. The van der Waals surface area contributed by atoms with Crippen molar-refractivity contribution in [3.8, 4) is 12.1 Å². The number of halogens is 4. The number of nitrogens with two attached hydrogens (primary N) is 1. The topological polar surface area (TPSA) is 122 Å². The smallest absolute Gasteiger partial charge is 0.382 e. The molecule has 0 saturated carbocycles. The van der Waals surface area contributed by atoms with Gasteiger partial charge >= 0.3 is 6.18 Å². The first kappa shape index (κ1) is 16.7. The molecule has 1 aromatic rings. The van der Waals surface area contributed by atoms with Gasteiger partial charge in [-0.15, -0.1) is 0 Å². The number of nitrogens with zero attached hydrogens (tertiary/aromatic N) is 3. The Kier molecular flexibility index (Phi) is 5.10. The molecule has 0 bridgehead atoms. The Morgan fingerprint density at radius 1 is 1.38 bits per heavy atom. The molecule has 0 aliphatic heterocycles. The van der Waals surface area contributed by atoms with Gasteiger partial charge in [-0.1, -0.05) is 0 Å². The quantitative estimate of drug-likeness (QED) is 0.309. The van der Waals surface area contributed by atoms with Crippen LogP contribution >= 0.6 is 22.6 Å². The summed E-state index contributed by atoms with van der Waals surface area (Å²) in [7, 11) is 0. The lowest BCUT2D eigenvalue weighted by atomic mass is 10.1. The minimum Gasteiger partial charge on any atom is -0.382 e. The molecule has 0 radical (unpaired) electrons. The van der Waals surface area contributed by atoms with E-state index >= 15 is 0 Å². The van der Waals surface area contributed by atoms with Crippen molar-refractivity contribution < 1.29 is 13.2 Å². The highest BCUT2D eigenvalue weighted by atomic mass is 127. The van der Waals surface area contributed by atoms with Crippen molar-refractivity contribution in [3.05, 3.63) is 26.8 Å². The van der Waals surface area contributed by atoms with E-state index in [1.165, 1.54) is 6.07 Å². The van der Waals surface area contributed by atoms with Crippen LogP contribution in [0.3, 0.4) is 0 Å². The summed E-state index contributed by atoms with van der Waals surface area (Å²) >= 11 is 1.60.